The number of aliphatic imine (C=N–C) groups is 1. The number of amides is 1. The highest BCUT2D eigenvalue weighted by atomic mass is 32.1. The van der Waals surface area contributed by atoms with Crippen LogP contribution in [0.3, 0.4) is 0 Å². The van der Waals surface area contributed by atoms with E-state index in [-0.39, 0.29) is 17.6 Å². The molecule has 1 amide bonds. The zero-order valence-electron chi connectivity index (χ0n) is 12.7. The summed E-state index contributed by atoms with van der Waals surface area (Å²) >= 11 is 1.16. The molecule has 1 aromatic heterocycles. The van der Waals surface area contributed by atoms with E-state index >= 15 is 0 Å². The van der Waals surface area contributed by atoms with Crippen molar-refractivity contribution in [2.45, 2.75) is 0 Å². The van der Waals surface area contributed by atoms with E-state index in [4.69, 9.17) is 11.5 Å². The summed E-state index contributed by atoms with van der Waals surface area (Å²) in [7, 11) is 0. The van der Waals surface area contributed by atoms with Gasteiger partial charge in [-0.1, -0.05) is 11.3 Å². The molecule has 10 heteroatoms. The Morgan fingerprint density at radius 2 is 1.92 bits per heavy atom. The summed E-state index contributed by atoms with van der Waals surface area (Å²) < 4.78 is 0.618. The van der Waals surface area contributed by atoms with Crippen molar-refractivity contribution in [3.8, 4) is 0 Å². The van der Waals surface area contributed by atoms with Gasteiger partial charge in [-0.15, -0.1) is 0 Å². The Bertz CT molecular complexity index is 992. The third-order valence-electron chi connectivity index (χ3n) is 3.19. The highest BCUT2D eigenvalue weighted by molar-refractivity contribution is 7.22. The van der Waals surface area contributed by atoms with Crippen LogP contribution >= 0.6 is 11.3 Å². The molecule has 5 N–H and O–H groups in total. The molecule has 1 heterocycles. The monoisotopic (exact) mass is 356 g/mol. The van der Waals surface area contributed by atoms with Crippen LogP contribution in [0.2, 0.25) is 0 Å². The molecule has 0 aliphatic carbocycles. The molecule has 0 fully saturated rings. The number of nitrogens with one attached hydrogen (secondary N) is 1. The summed E-state index contributed by atoms with van der Waals surface area (Å²) in [4.78, 5) is 30.7. The SMILES string of the molecule is NC(N)=Nc1ccc(C(=O)Nc2nc3ccc([N+](=O)[O-])cc3s2)cc1. The fraction of sp³-hybridized carbons (Fsp3) is 0. The number of guanidine groups is 1. The van der Waals surface area contributed by atoms with E-state index in [1.807, 2.05) is 0 Å². The first-order valence-corrected chi connectivity index (χ1v) is 7.80. The Kier molecular flexibility index (Phi) is 4.27. The van der Waals surface area contributed by atoms with Gasteiger partial charge < -0.3 is 11.5 Å². The second kappa shape index (κ2) is 6.53. The van der Waals surface area contributed by atoms with Gasteiger partial charge in [-0.05, 0) is 30.3 Å². The van der Waals surface area contributed by atoms with E-state index in [0.717, 1.165) is 11.3 Å². The van der Waals surface area contributed by atoms with Crippen LogP contribution in [0.25, 0.3) is 10.2 Å². The number of nitro benzene ring substituents is 1. The highest BCUT2D eigenvalue weighted by Gasteiger charge is 2.13. The minimum absolute atomic E-state index is 0.0238. The number of benzene rings is 2. The van der Waals surface area contributed by atoms with Gasteiger partial charge in [-0.3, -0.25) is 20.2 Å². The summed E-state index contributed by atoms with van der Waals surface area (Å²) in [6.07, 6.45) is 0. The number of nitro groups is 1. The van der Waals surface area contributed by atoms with E-state index < -0.39 is 4.92 Å². The first-order valence-electron chi connectivity index (χ1n) is 6.98. The topological polar surface area (TPSA) is 150 Å². The van der Waals surface area contributed by atoms with E-state index in [0.29, 0.717) is 26.6 Å². The average molecular weight is 356 g/mol. The predicted molar refractivity (Wildman–Crippen MR) is 96.1 cm³/mol. The fourth-order valence-electron chi connectivity index (χ4n) is 2.09. The number of hydrogen-bond donors (Lipinski definition) is 3. The van der Waals surface area contributed by atoms with E-state index in [9.17, 15) is 14.9 Å². The van der Waals surface area contributed by atoms with Crippen molar-refractivity contribution in [3.63, 3.8) is 0 Å². The maximum absolute atomic E-state index is 12.3. The molecule has 0 aliphatic heterocycles. The van der Waals surface area contributed by atoms with E-state index in [1.54, 1.807) is 30.3 Å². The maximum atomic E-state index is 12.3. The molecule has 0 saturated heterocycles. The van der Waals surface area contributed by atoms with Crippen LogP contribution in [0.15, 0.2) is 47.5 Å². The van der Waals surface area contributed by atoms with Crippen LogP contribution in [0.5, 0.6) is 0 Å². The van der Waals surface area contributed by atoms with Gasteiger partial charge in [0.15, 0.2) is 11.1 Å². The summed E-state index contributed by atoms with van der Waals surface area (Å²) in [6, 6.07) is 10.7. The van der Waals surface area contributed by atoms with Crippen LogP contribution < -0.4 is 16.8 Å². The fourth-order valence-corrected chi connectivity index (χ4v) is 2.98. The predicted octanol–water partition coefficient (Wildman–Crippen LogP) is 2.36. The quantitative estimate of drug-likeness (QED) is 0.283. The number of hydrogen-bond acceptors (Lipinski definition) is 6. The van der Waals surface area contributed by atoms with Crippen LogP contribution in [-0.2, 0) is 0 Å². The lowest BCUT2D eigenvalue weighted by Crippen LogP contribution is -2.21. The van der Waals surface area contributed by atoms with Gasteiger partial charge in [0.05, 0.1) is 20.8 Å². The van der Waals surface area contributed by atoms with E-state index in [1.165, 1.54) is 12.1 Å². The van der Waals surface area contributed by atoms with Crippen molar-refractivity contribution in [2.24, 2.45) is 16.5 Å². The van der Waals surface area contributed by atoms with Crippen molar-refractivity contribution < 1.29 is 9.72 Å². The van der Waals surface area contributed by atoms with Gasteiger partial charge in [0.2, 0.25) is 0 Å². The average Bonchev–Trinajstić information content (AvgIpc) is 2.96. The number of anilines is 1. The second-order valence-electron chi connectivity index (χ2n) is 4.97. The largest absolute Gasteiger partial charge is 0.370 e. The number of nitrogens with zero attached hydrogens (tertiary/aromatic N) is 3. The number of carbonyl (C=O) groups excluding carboxylic acids is 1. The smallest absolute Gasteiger partial charge is 0.270 e. The number of rotatable bonds is 4. The minimum atomic E-state index is -0.477. The van der Waals surface area contributed by atoms with Crippen molar-refractivity contribution in [2.75, 3.05) is 5.32 Å². The molecular weight excluding hydrogens is 344 g/mol. The number of non-ortho nitro benzene ring substituents is 1. The van der Waals surface area contributed by atoms with Crippen LogP contribution in [0, 0.1) is 10.1 Å². The Morgan fingerprint density at radius 1 is 1.20 bits per heavy atom. The van der Waals surface area contributed by atoms with Crippen molar-refractivity contribution in [3.05, 3.63) is 58.1 Å². The summed E-state index contributed by atoms with van der Waals surface area (Å²) in [5.41, 5.74) is 12.1. The van der Waals surface area contributed by atoms with Gasteiger partial charge >= 0.3 is 0 Å². The number of carbonyl (C=O) groups is 1. The Balaban J connectivity index is 1.79. The third-order valence-corrected chi connectivity index (χ3v) is 4.12. The second-order valence-corrected chi connectivity index (χ2v) is 6.00. The standard InChI is InChI=1S/C15H12N6O3S/c16-14(17)18-9-3-1-8(2-4-9)13(22)20-15-19-11-6-5-10(21(23)24)7-12(11)25-15/h1-7H,(H4,16,17,18)(H,19,20,22). The molecule has 0 unspecified atom stereocenters. The molecule has 126 valence electrons. The Labute approximate surface area is 145 Å². The first-order chi connectivity index (χ1) is 11.9. The van der Waals surface area contributed by atoms with Crippen LogP contribution in [-0.4, -0.2) is 21.8 Å². The normalized spacial score (nSPS) is 10.4. The van der Waals surface area contributed by atoms with Crippen LogP contribution in [0.4, 0.5) is 16.5 Å². The van der Waals surface area contributed by atoms with Gasteiger partial charge in [0.25, 0.3) is 11.6 Å². The van der Waals surface area contributed by atoms with Gasteiger partial charge in [-0.25, -0.2) is 9.98 Å². The number of aromatic nitrogens is 1. The van der Waals surface area contributed by atoms with Crippen LogP contribution in [0.1, 0.15) is 10.4 Å². The molecule has 3 aromatic rings. The molecule has 2 aromatic carbocycles. The van der Waals surface area contributed by atoms with Crippen molar-refractivity contribution >= 4 is 49.9 Å². The lowest BCUT2D eigenvalue weighted by atomic mass is 10.2. The van der Waals surface area contributed by atoms with E-state index in [2.05, 4.69) is 15.3 Å². The molecule has 0 spiro atoms. The van der Waals surface area contributed by atoms with Crippen molar-refractivity contribution in [1.82, 2.24) is 4.98 Å². The molecule has 25 heavy (non-hydrogen) atoms. The molecule has 0 saturated carbocycles. The molecule has 0 radical (unpaired) electrons. The summed E-state index contributed by atoms with van der Waals surface area (Å²) in [5, 5.41) is 13.8. The zero-order chi connectivity index (χ0) is 18.0. The molecule has 3 rings (SSSR count). The highest BCUT2D eigenvalue weighted by Crippen LogP contribution is 2.29. The van der Waals surface area contributed by atoms with Crippen molar-refractivity contribution in [1.29, 1.82) is 0 Å². The van der Waals surface area contributed by atoms with Gasteiger partial charge in [0, 0.05) is 17.7 Å². The molecule has 9 nitrogen and oxygen atoms in total. The number of nitrogens with two attached hydrogens (primary N) is 2. The summed E-state index contributed by atoms with van der Waals surface area (Å²) in [5.74, 6) is -0.425. The molecular formula is C15H12N6O3S. The molecule has 0 aliphatic rings. The molecule has 0 bridgehead atoms. The number of fused-ring (bicyclic) bond motifs is 1. The molecule has 0 atom stereocenters. The first kappa shape index (κ1) is 16.3. The maximum Gasteiger partial charge on any atom is 0.270 e. The summed E-state index contributed by atoms with van der Waals surface area (Å²) in [6.45, 7) is 0. The minimum Gasteiger partial charge on any atom is -0.370 e. The van der Waals surface area contributed by atoms with Gasteiger partial charge in [-0.2, -0.15) is 0 Å². The lowest BCUT2D eigenvalue weighted by Gasteiger charge is -2.02. The Morgan fingerprint density at radius 3 is 2.56 bits per heavy atom. The lowest BCUT2D eigenvalue weighted by molar-refractivity contribution is -0.384. The number of thiazole rings is 1. The zero-order valence-corrected chi connectivity index (χ0v) is 13.5. The Hall–Kier alpha value is -3.53. The third kappa shape index (κ3) is 3.70. The van der Waals surface area contributed by atoms with Gasteiger partial charge in [0.1, 0.15) is 0 Å².